The zero-order valence-electron chi connectivity index (χ0n) is 27.3. The summed E-state index contributed by atoms with van der Waals surface area (Å²) in [6.07, 6.45) is 1.74. The van der Waals surface area contributed by atoms with Crippen molar-refractivity contribution in [2.45, 2.75) is 0 Å². The summed E-state index contributed by atoms with van der Waals surface area (Å²) in [5.74, 6) is 1.97. The zero-order chi connectivity index (χ0) is 34.1. The van der Waals surface area contributed by atoms with Crippen LogP contribution in [0.5, 0.6) is 0 Å². The molecule has 0 unspecified atom stereocenters. The van der Waals surface area contributed by atoms with Gasteiger partial charge < -0.3 is 4.57 Å². The second kappa shape index (κ2) is 13.0. The van der Waals surface area contributed by atoms with E-state index in [1.807, 2.05) is 71.6 Å². The fourth-order valence-corrected chi connectivity index (χ4v) is 6.84. The van der Waals surface area contributed by atoms with Crippen LogP contribution >= 0.6 is 11.6 Å². The molecule has 0 amide bonds. The van der Waals surface area contributed by atoms with E-state index >= 15 is 0 Å². The number of anilines is 3. The van der Waals surface area contributed by atoms with E-state index < -0.39 is 0 Å². The minimum atomic E-state index is 0.393. The third kappa shape index (κ3) is 5.58. The highest BCUT2D eigenvalue weighted by Crippen LogP contribution is 2.44. The first-order valence-corrected chi connectivity index (χ1v) is 17.1. The molecule has 0 fully saturated rings. The number of aromatic nitrogens is 5. The van der Waals surface area contributed by atoms with Crippen LogP contribution in [0.1, 0.15) is 0 Å². The zero-order valence-corrected chi connectivity index (χ0v) is 28.1. The largest absolute Gasteiger partial charge is 0.307 e. The van der Waals surface area contributed by atoms with E-state index in [2.05, 4.69) is 108 Å². The highest BCUT2D eigenvalue weighted by molar-refractivity contribution is 6.33. The van der Waals surface area contributed by atoms with E-state index in [4.69, 9.17) is 31.5 Å². The number of halogens is 1. The van der Waals surface area contributed by atoms with Gasteiger partial charge in [0.2, 0.25) is 5.95 Å². The monoisotopic (exact) mass is 676 g/mol. The first kappa shape index (κ1) is 30.4. The molecule has 0 atom stereocenters. The molecule has 9 rings (SSSR count). The summed E-state index contributed by atoms with van der Waals surface area (Å²) in [6.45, 7) is 0. The number of fused-ring (bicyclic) bond motifs is 3. The molecule has 6 aromatic carbocycles. The molecule has 3 aromatic heterocycles. The summed E-state index contributed by atoms with van der Waals surface area (Å²) in [5.41, 5.74) is 7.89. The lowest BCUT2D eigenvalue weighted by atomic mass is 10.0. The van der Waals surface area contributed by atoms with E-state index in [0.717, 1.165) is 55.4 Å². The number of hydrogen-bond donors (Lipinski definition) is 0. The normalized spacial score (nSPS) is 11.2. The molecule has 0 saturated heterocycles. The minimum Gasteiger partial charge on any atom is -0.307 e. The average molecular weight is 677 g/mol. The predicted molar refractivity (Wildman–Crippen MR) is 208 cm³/mol. The van der Waals surface area contributed by atoms with Gasteiger partial charge >= 0.3 is 0 Å². The van der Waals surface area contributed by atoms with Crippen molar-refractivity contribution in [3.8, 4) is 39.6 Å². The second-order valence-corrected chi connectivity index (χ2v) is 12.5. The Morgan fingerprint density at radius 3 is 1.75 bits per heavy atom. The standard InChI is InChI=1S/C44H29ClN6/c45-37-22-13-29-46-43(37)51(39-24-12-21-36-35-20-10-11-23-38(35)50(40(36)39)34-18-8-3-9-19-34)44-48-41(32-16-6-2-7-17-32)47-42(49-44)33-27-25-31(26-28-33)30-14-4-1-5-15-30/h1-29H. The molecule has 3 heterocycles. The van der Waals surface area contributed by atoms with Crippen LogP contribution in [0.2, 0.25) is 5.02 Å². The Hall–Kier alpha value is -6.63. The van der Waals surface area contributed by atoms with Gasteiger partial charge in [-0.15, -0.1) is 0 Å². The van der Waals surface area contributed by atoms with Gasteiger partial charge in [-0.05, 0) is 47.5 Å². The van der Waals surface area contributed by atoms with Crippen molar-refractivity contribution in [2.24, 2.45) is 0 Å². The predicted octanol–water partition coefficient (Wildman–Crippen LogP) is 11.5. The highest BCUT2D eigenvalue weighted by Gasteiger charge is 2.26. The van der Waals surface area contributed by atoms with Gasteiger partial charge in [-0.25, -0.2) is 9.97 Å². The van der Waals surface area contributed by atoms with Gasteiger partial charge in [-0.3, -0.25) is 4.90 Å². The third-order valence-electron chi connectivity index (χ3n) is 8.99. The van der Waals surface area contributed by atoms with E-state index in [1.165, 1.54) is 0 Å². The summed E-state index contributed by atoms with van der Waals surface area (Å²) >= 11 is 7.01. The van der Waals surface area contributed by atoms with Crippen LogP contribution in [0.15, 0.2) is 176 Å². The molecule has 0 aliphatic heterocycles. The number of hydrogen-bond acceptors (Lipinski definition) is 5. The Morgan fingerprint density at radius 1 is 0.471 bits per heavy atom. The number of pyridine rings is 1. The Labute approximate surface area is 299 Å². The van der Waals surface area contributed by atoms with Crippen molar-refractivity contribution in [1.82, 2.24) is 24.5 Å². The molecule has 9 aromatic rings. The van der Waals surface area contributed by atoms with Crippen LogP contribution in [0.3, 0.4) is 0 Å². The average Bonchev–Trinajstić information content (AvgIpc) is 3.55. The van der Waals surface area contributed by atoms with Crippen molar-refractivity contribution in [2.75, 3.05) is 4.90 Å². The summed E-state index contributed by atoms with van der Waals surface area (Å²) < 4.78 is 2.28. The SMILES string of the molecule is Clc1cccnc1N(c1nc(-c2ccccc2)nc(-c2ccc(-c3ccccc3)cc2)n1)c1cccc2c3ccccc3n(-c3ccccc3)c12. The Bertz CT molecular complexity index is 2640. The molecule has 0 radical (unpaired) electrons. The lowest BCUT2D eigenvalue weighted by Crippen LogP contribution is -2.17. The quantitative estimate of drug-likeness (QED) is 0.168. The first-order valence-electron chi connectivity index (χ1n) is 16.7. The molecule has 6 nitrogen and oxygen atoms in total. The highest BCUT2D eigenvalue weighted by atomic mass is 35.5. The Kier molecular flexibility index (Phi) is 7.76. The first-order chi connectivity index (χ1) is 25.2. The number of para-hydroxylation sites is 3. The fraction of sp³-hybridized carbons (Fsp3) is 0. The maximum absolute atomic E-state index is 7.01. The molecule has 0 N–H and O–H groups in total. The van der Waals surface area contributed by atoms with Crippen LogP contribution in [-0.4, -0.2) is 24.5 Å². The van der Waals surface area contributed by atoms with Gasteiger partial charge in [0.25, 0.3) is 0 Å². The summed E-state index contributed by atoms with van der Waals surface area (Å²) in [6, 6.07) is 57.4. The van der Waals surface area contributed by atoms with Gasteiger partial charge in [0.1, 0.15) is 0 Å². The number of rotatable bonds is 7. The Morgan fingerprint density at radius 2 is 1.04 bits per heavy atom. The molecule has 7 heteroatoms. The summed E-state index contributed by atoms with van der Waals surface area (Å²) in [7, 11) is 0. The maximum atomic E-state index is 7.01. The van der Waals surface area contributed by atoms with Crippen molar-refractivity contribution in [3.63, 3.8) is 0 Å². The number of benzene rings is 6. The fourth-order valence-electron chi connectivity index (χ4n) is 6.64. The van der Waals surface area contributed by atoms with Crippen LogP contribution in [-0.2, 0) is 0 Å². The van der Waals surface area contributed by atoms with Crippen molar-refractivity contribution in [3.05, 3.63) is 181 Å². The lowest BCUT2D eigenvalue weighted by Gasteiger charge is -2.25. The van der Waals surface area contributed by atoms with Gasteiger partial charge in [-0.1, -0.05) is 145 Å². The topological polar surface area (TPSA) is 59.7 Å². The molecule has 51 heavy (non-hydrogen) atoms. The van der Waals surface area contributed by atoms with Crippen LogP contribution in [0.4, 0.5) is 17.5 Å². The maximum Gasteiger partial charge on any atom is 0.240 e. The van der Waals surface area contributed by atoms with Crippen molar-refractivity contribution < 1.29 is 0 Å². The lowest BCUT2D eigenvalue weighted by molar-refractivity contribution is 1.01. The minimum absolute atomic E-state index is 0.393. The van der Waals surface area contributed by atoms with Crippen LogP contribution in [0.25, 0.3) is 61.4 Å². The molecule has 0 bridgehead atoms. The Balaban J connectivity index is 1.32. The molecule has 0 spiro atoms. The molecule has 0 aliphatic rings. The van der Waals surface area contributed by atoms with E-state index in [0.29, 0.717) is 28.4 Å². The van der Waals surface area contributed by atoms with Gasteiger partial charge in [0.05, 0.1) is 21.7 Å². The van der Waals surface area contributed by atoms with Crippen molar-refractivity contribution in [1.29, 1.82) is 0 Å². The van der Waals surface area contributed by atoms with Gasteiger partial charge in [0, 0.05) is 33.8 Å². The molecule has 0 saturated carbocycles. The molecular formula is C44H29ClN6. The van der Waals surface area contributed by atoms with Crippen LogP contribution in [0, 0.1) is 0 Å². The molecule has 242 valence electrons. The van der Waals surface area contributed by atoms with Gasteiger partial charge in [-0.2, -0.15) is 9.97 Å². The van der Waals surface area contributed by atoms with E-state index in [-0.39, 0.29) is 0 Å². The molecular weight excluding hydrogens is 648 g/mol. The van der Waals surface area contributed by atoms with Crippen LogP contribution < -0.4 is 4.90 Å². The van der Waals surface area contributed by atoms with Gasteiger partial charge in [0.15, 0.2) is 17.5 Å². The summed E-state index contributed by atoms with van der Waals surface area (Å²) in [4.78, 5) is 22.1. The summed E-state index contributed by atoms with van der Waals surface area (Å²) in [5, 5.41) is 2.68. The second-order valence-electron chi connectivity index (χ2n) is 12.1. The van der Waals surface area contributed by atoms with E-state index in [9.17, 15) is 0 Å². The molecule has 0 aliphatic carbocycles. The van der Waals surface area contributed by atoms with E-state index in [1.54, 1.807) is 6.20 Å². The van der Waals surface area contributed by atoms with Crippen molar-refractivity contribution >= 4 is 50.9 Å². The number of nitrogens with zero attached hydrogens (tertiary/aromatic N) is 6. The smallest absolute Gasteiger partial charge is 0.240 e. The third-order valence-corrected chi connectivity index (χ3v) is 9.28.